The number of nitro benzene ring substituents is 1. The number of benzene rings is 2. The van der Waals surface area contributed by atoms with Crippen LogP contribution in [0.5, 0.6) is 0 Å². The lowest BCUT2D eigenvalue weighted by Gasteiger charge is -2.00. The molecule has 0 saturated heterocycles. The topological polar surface area (TPSA) is 58.9 Å². The van der Waals surface area contributed by atoms with Gasteiger partial charge in [-0.25, -0.2) is 0 Å². The van der Waals surface area contributed by atoms with Crippen molar-refractivity contribution in [3.8, 4) is 0 Å². The molecule has 3 rings (SSSR count). The van der Waals surface area contributed by atoms with Crippen LogP contribution in [0, 0.1) is 10.1 Å². The van der Waals surface area contributed by atoms with Gasteiger partial charge in [0.05, 0.1) is 15.8 Å². The van der Waals surface area contributed by atoms with E-state index in [0.29, 0.717) is 5.39 Å². The van der Waals surface area contributed by atoms with Crippen molar-refractivity contribution >= 4 is 27.4 Å². The van der Waals surface area contributed by atoms with Crippen LogP contribution in [-0.2, 0) is 0 Å². The predicted molar refractivity (Wildman–Crippen MR) is 62.5 cm³/mol. The first kappa shape index (κ1) is 8.91. The Kier molecular flexibility index (Phi) is 1.71. The lowest BCUT2D eigenvalue weighted by Crippen LogP contribution is -1.89. The predicted octanol–water partition coefficient (Wildman–Crippen LogP) is 3.23. The van der Waals surface area contributed by atoms with Gasteiger partial charge < -0.3 is 4.98 Å². The largest absolute Gasteiger partial charge is 0.360 e. The van der Waals surface area contributed by atoms with Gasteiger partial charge in [-0.3, -0.25) is 10.1 Å². The molecule has 1 heterocycles. The van der Waals surface area contributed by atoms with E-state index in [9.17, 15) is 10.1 Å². The van der Waals surface area contributed by atoms with E-state index in [1.54, 1.807) is 18.3 Å². The van der Waals surface area contributed by atoms with Crippen LogP contribution in [0.3, 0.4) is 0 Å². The molecule has 0 aliphatic carbocycles. The second kappa shape index (κ2) is 3.06. The van der Waals surface area contributed by atoms with E-state index >= 15 is 0 Å². The van der Waals surface area contributed by atoms with Crippen LogP contribution in [0.25, 0.3) is 21.7 Å². The van der Waals surface area contributed by atoms with Gasteiger partial charge in [0.25, 0.3) is 5.69 Å². The third-order valence-electron chi connectivity index (χ3n) is 2.74. The van der Waals surface area contributed by atoms with Crippen molar-refractivity contribution in [3.05, 3.63) is 52.7 Å². The summed E-state index contributed by atoms with van der Waals surface area (Å²) in [6, 6.07) is 11.0. The van der Waals surface area contributed by atoms with Crippen LogP contribution in [0.4, 0.5) is 5.69 Å². The third kappa shape index (κ3) is 1.10. The fourth-order valence-corrected chi connectivity index (χ4v) is 2.03. The van der Waals surface area contributed by atoms with Crippen LogP contribution in [0.2, 0.25) is 0 Å². The van der Waals surface area contributed by atoms with Gasteiger partial charge in [-0.15, -0.1) is 0 Å². The minimum atomic E-state index is -0.345. The van der Waals surface area contributed by atoms with Gasteiger partial charge in [0.2, 0.25) is 0 Å². The molecule has 0 bridgehead atoms. The Morgan fingerprint density at radius 2 is 1.94 bits per heavy atom. The third-order valence-corrected chi connectivity index (χ3v) is 2.74. The van der Waals surface area contributed by atoms with Crippen LogP contribution in [0.15, 0.2) is 42.6 Å². The van der Waals surface area contributed by atoms with Crippen LogP contribution in [-0.4, -0.2) is 9.91 Å². The monoisotopic (exact) mass is 212 g/mol. The number of hydrogen-bond acceptors (Lipinski definition) is 2. The lowest BCUT2D eigenvalue weighted by molar-refractivity contribution is -0.382. The molecule has 4 nitrogen and oxygen atoms in total. The first-order valence-corrected chi connectivity index (χ1v) is 4.90. The van der Waals surface area contributed by atoms with Crippen molar-refractivity contribution in [1.82, 2.24) is 4.98 Å². The first-order valence-electron chi connectivity index (χ1n) is 4.90. The Bertz CT molecular complexity index is 700. The van der Waals surface area contributed by atoms with Crippen LogP contribution < -0.4 is 0 Å². The molecule has 4 heteroatoms. The number of aromatic nitrogens is 1. The zero-order valence-electron chi connectivity index (χ0n) is 8.31. The second-order valence-electron chi connectivity index (χ2n) is 3.64. The highest BCUT2D eigenvalue weighted by Gasteiger charge is 2.14. The molecular formula is C12H8N2O2. The molecule has 0 spiro atoms. The molecule has 1 aromatic heterocycles. The summed E-state index contributed by atoms with van der Waals surface area (Å²) >= 11 is 0. The summed E-state index contributed by atoms with van der Waals surface area (Å²) in [5.74, 6) is 0. The molecule has 3 aromatic rings. The molecular weight excluding hydrogens is 204 g/mol. The molecule has 16 heavy (non-hydrogen) atoms. The summed E-state index contributed by atoms with van der Waals surface area (Å²) in [5, 5.41) is 13.5. The molecule has 0 fully saturated rings. The molecule has 1 N–H and O–H groups in total. The molecule has 0 atom stereocenters. The van der Waals surface area contributed by atoms with Gasteiger partial charge in [0, 0.05) is 17.6 Å². The van der Waals surface area contributed by atoms with E-state index in [-0.39, 0.29) is 10.6 Å². The minimum Gasteiger partial charge on any atom is -0.360 e. The Labute approximate surface area is 90.7 Å². The van der Waals surface area contributed by atoms with Crippen molar-refractivity contribution < 1.29 is 4.92 Å². The Hall–Kier alpha value is -2.36. The highest BCUT2D eigenvalue weighted by molar-refractivity contribution is 6.09. The normalized spacial score (nSPS) is 11.0. The summed E-state index contributed by atoms with van der Waals surface area (Å²) in [6.07, 6.45) is 1.73. The first-order chi connectivity index (χ1) is 7.77. The van der Waals surface area contributed by atoms with Crippen LogP contribution in [0.1, 0.15) is 0 Å². The van der Waals surface area contributed by atoms with Gasteiger partial charge in [0.1, 0.15) is 0 Å². The molecule has 0 amide bonds. The number of nitro groups is 1. The zero-order valence-corrected chi connectivity index (χ0v) is 8.31. The molecule has 0 aliphatic heterocycles. The van der Waals surface area contributed by atoms with E-state index in [1.807, 2.05) is 24.3 Å². The van der Waals surface area contributed by atoms with Crippen molar-refractivity contribution in [2.75, 3.05) is 0 Å². The van der Waals surface area contributed by atoms with Gasteiger partial charge in [-0.05, 0) is 11.5 Å². The minimum absolute atomic E-state index is 0.148. The number of rotatable bonds is 1. The fraction of sp³-hybridized carbons (Fsp3) is 0. The van der Waals surface area contributed by atoms with Crippen molar-refractivity contribution in [3.63, 3.8) is 0 Å². The van der Waals surface area contributed by atoms with Crippen molar-refractivity contribution in [1.29, 1.82) is 0 Å². The van der Waals surface area contributed by atoms with Gasteiger partial charge in [-0.2, -0.15) is 0 Å². The summed E-state index contributed by atoms with van der Waals surface area (Å²) in [5.41, 5.74) is 0.972. The number of nitrogens with one attached hydrogen (secondary N) is 1. The average Bonchev–Trinajstić information content (AvgIpc) is 2.76. The fourth-order valence-electron chi connectivity index (χ4n) is 2.03. The standard InChI is InChI=1S/C12H8N2O2/c15-14(16)11-7-8-3-1-2-4-9(8)12-10(11)5-6-13-12/h1-7,13H. The van der Waals surface area contributed by atoms with E-state index in [4.69, 9.17) is 0 Å². The van der Waals surface area contributed by atoms with Crippen molar-refractivity contribution in [2.24, 2.45) is 0 Å². The number of hydrogen-bond donors (Lipinski definition) is 1. The highest BCUT2D eigenvalue weighted by Crippen LogP contribution is 2.32. The summed E-state index contributed by atoms with van der Waals surface area (Å²) in [7, 11) is 0. The maximum atomic E-state index is 10.9. The number of fused-ring (bicyclic) bond motifs is 3. The molecule has 0 radical (unpaired) electrons. The van der Waals surface area contributed by atoms with Crippen molar-refractivity contribution in [2.45, 2.75) is 0 Å². The Morgan fingerprint density at radius 3 is 2.75 bits per heavy atom. The molecule has 0 saturated carbocycles. The number of aromatic amines is 1. The number of non-ortho nitro benzene ring substituents is 1. The smallest absolute Gasteiger partial charge is 0.279 e. The zero-order chi connectivity index (χ0) is 11.1. The Morgan fingerprint density at radius 1 is 1.12 bits per heavy atom. The number of nitrogens with zero attached hydrogens (tertiary/aromatic N) is 1. The quantitative estimate of drug-likeness (QED) is 0.497. The van der Waals surface area contributed by atoms with Gasteiger partial charge >= 0.3 is 0 Å². The SMILES string of the molecule is O=[N+]([O-])c1cc2ccccc2c2[nH]ccc12. The average molecular weight is 212 g/mol. The molecule has 78 valence electrons. The number of H-pyrrole nitrogens is 1. The molecule has 0 aliphatic rings. The van der Waals surface area contributed by atoms with Gasteiger partial charge in [-0.1, -0.05) is 24.3 Å². The second-order valence-corrected chi connectivity index (χ2v) is 3.64. The molecule has 0 unspecified atom stereocenters. The van der Waals surface area contributed by atoms with Crippen LogP contribution >= 0.6 is 0 Å². The highest BCUT2D eigenvalue weighted by atomic mass is 16.6. The maximum Gasteiger partial charge on any atom is 0.279 e. The lowest BCUT2D eigenvalue weighted by atomic mass is 10.1. The van der Waals surface area contributed by atoms with E-state index in [0.717, 1.165) is 16.3 Å². The van der Waals surface area contributed by atoms with E-state index in [1.165, 1.54) is 0 Å². The maximum absolute atomic E-state index is 10.9. The summed E-state index contributed by atoms with van der Waals surface area (Å²) in [6.45, 7) is 0. The molecule has 2 aromatic carbocycles. The Balaban J connectivity index is 2.58. The van der Waals surface area contributed by atoms with E-state index in [2.05, 4.69) is 4.98 Å². The summed E-state index contributed by atoms with van der Waals surface area (Å²) in [4.78, 5) is 13.7. The summed E-state index contributed by atoms with van der Waals surface area (Å²) < 4.78 is 0. The van der Waals surface area contributed by atoms with E-state index < -0.39 is 0 Å². The van der Waals surface area contributed by atoms with Gasteiger partial charge in [0.15, 0.2) is 0 Å².